The molecule has 0 atom stereocenters. The first-order valence-electron chi connectivity index (χ1n) is 9.78. The number of benzene rings is 3. The van der Waals surface area contributed by atoms with Gasteiger partial charge in [-0.2, -0.15) is 9.80 Å². The highest BCUT2D eigenvalue weighted by molar-refractivity contribution is 14.1. The summed E-state index contributed by atoms with van der Waals surface area (Å²) in [7, 11) is 0. The van der Waals surface area contributed by atoms with E-state index >= 15 is 0 Å². The summed E-state index contributed by atoms with van der Waals surface area (Å²) in [5.41, 5.74) is 3.88. The van der Waals surface area contributed by atoms with Crippen molar-refractivity contribution in [3.8, 4) is 27.6 Å². The molecule has 8 heteroatoms. The third-order valence-corrected chi connectivity index (χ3v) is 6.32. The van der Waals surface area contributed by atoms with Crippen molar-refractivity contribution < 1.29 is 0 Å². The summed E-state index contributed by atoms with van der Waals surface area (Å²) in [5, 5.41) is 14.3. The van der Waals surface area contributed by atoms with Crippen LogP contribution in [0.15, 0.2) is 105 Å². The molecule has 0 radical (unpaired) electrons. The molecule has 0 saturated carbocycles. The molecule has 2 heterocycles. The van der Waals surface area contributed by atoms with Crippen molar-refractivity contribution >= 4 is 45.3 Å². The van der Waals surface area contributed by atoms with Gasteiger partial charge in [-0.05, 0) is 46.9 Å². The lowest BCUT2D eigenvalue weighted by Gasteiger charge is -1.99. The van der Waals surface area contributed by atoms with E-state index in [9.17, 15) is 4.79 Å². The molecular weight excluding hydrogens is 533 g/mol. The molecule has 5 rings (SSSR count). The first kappa shape index (κ1) is 20.5. The Labute approximate surface area is 201 Å². The highest BCUT2D eigenvalue weighted by Gasteiger charge is 2.19. The third kappa shape index (κ3) is 4.19. The van der Waals surface area contributed by atoms with Crippen LogP contribution in [0.4, 0.5) is 11.4 Å². The fraction of sp³-hybridized carbons (Fsp3) is 0. The van der Waals surface area contributed by atoms with E-state index in [4.69, 9.17) is 0 Å². The number of H-pyrrole nitrogens is 1. The molecule has 6 nitrogen and oxygen atoms in total. The third-order valence-electron chi connectivity index (χ3n) is 4.77. The highest BCUT2D eigenvalue weighted by atomic mass is 127. The van der Waals surface area contributed by atoms with E-state index in [0.717, 1.165) is 20.4 Å². The molecular formula is C24H16IN5OS. The van der Waals surface area contributed by atoms with Crippen molar-refractivity contribution in [2.75, 3.05) is 0 Å². The van der Waals surface area contributed by atoms with Crippen molar-refractivity contribution in [2.24, 2.45) is 10.2 Å². The number of thiazole rings is 1. The Bertz CT molecular complexity index is 1440. The zero-order valence-corrected chi connectivity index (χ0v) is 19.6. The minimum Gasteiger partial charge on any atom is -0.286 e. The molecule has 1 N–H and O–H groups in total. The van der Waals surface area contributed by atoms with E-state index in [0.29, 0.717) is 16.5 Å². The van der Waals surface area contributed by atoms with Crippen LogP contribution in [0, 0.1) is 3.57 Å². The van der Waals surface area contributed by atoms with Crippen LogP contribution >= 0.6 is 33.9 Å². The lowest BCUT2D eigenvalue weighted by Crippen LogP contribution is -2.13. The summed E-state index contributed by atoms with van der Waals surface area (Å²) >= 11 is 3.63. The van der Waals surface area contributed by atoms with Gasteiger partial charge in [0.25, 0.3) is 0 Å². The summed E-state index contributed by atoms with van der Waals surface area (Å²) in [6, 6.07) is 27.1. The number of nitrogens with one attached hydrogen (secondary N) is 1. The Balaban J connectivity index is 1.60. The van der Waals surface area contributed by atoms with Crippen LogP contribution < -0.4 is 5.56 Å². The van der Waals surface area contributed by atoms with Crippen molar-refractivity contribution in [1.29, 1.82) is 0 Å². The number of rotatable bonds is 5. The monoisotopic (exact) mass is 549 g/mol. The average Bonchev–Trinajstić information content (AvgIpc) is 3.45. The first-order valence-corrected chi connectivity index (χ1v) is 11.7. The molecule has 32 heavy (non-hydrogen) atoms. The molecule has 3 aromatic carbocycles. The number of halogens is 1. The lowest BCUT2D eigenvalue weighted by atomic mass is 10.1. The SMILES string of the molecule is O=c1c(N=Nc2ccc(I)cc2)c(-c2ccccc2)[nH]n1-c1nc(-c2ccccc2)cs1. The topological polar surface area (TPSA) is 75.4 Å². The van der Waals surface area contributed by atoms with Crippen molar-refractivity contribution in [1.82, 2.24) is 14.8 Å². The van der Waals surface area contributed by atoms with Gasteiger partial charge in [0.2, 0.25) is 5.13 Å². The number of aromatic amines is 1. The largest absolute Gasteiger partial charge is 0.301 e. The summed E-state index contributed by atoms with van der Waals surface area (Å²) < 4.78 is 2.54. The van der Waals surface area contributed by atoms with Gasteiger partial charge in [-0.3, -0.25) is 9.89 Å². The van der Waals surface area contributed by atoms with Crippen molar-refractivity contribution in [2.45, 2.75) is 0 Å². The Kier molecular flexibility index (Phi) is 5.78. The van der Waals surface area contributed by atoms with Gasteiger partial charge in [0.15, 0.2) is 5.69 Å². The molecule has 0 fully saturated rings. The van der Waals surface area contributed by atoms with E-state index in [1.54, 1.807) is 0 Å². The van der Waals surface area contributed by atoms with E-state index in [1.807, 2.05) is 90.3 Å². The van der Waals surface area contributed by atoms with Gasteiger partial charge in [0, 0.05) is 20.1 Å². The molecule has 0 saturated heterocycles. The molecule has 0 aliphatic carbocycles. The Morgan fingerprint density at radius 2 is 1.50 bits per heavy atom. The molecule has 0 bridgehead atoms. The van der Waals surface area contributed by atoms with Crippen LogP contribution in [0.2, 0.25) is 0 Å². The first-order chi connectivity index (χ1) is 15.7. The number of hydrogen-bond acceptors (Lipinski definition) is 5. The van der Waals surface area contributed by atoms with Crippen LogP contribution in [0.25, 0.3) is 27.6 Å². The van der Waals surface area contributed by atoms with Crippen LogP contribution in [-0.2, 0) is 0 Å². The van der Waals surface area contributed by atoms with Crippen molar-refractivity contribution in [3.63, 3.8) is 0 Å². The van der Waals surface area contributed by atoms with Gasteiger partial charge in [-0.15, -0.1) is 16.5 Å². The second-order valence-electron chi connectivity index (χ2n) is 6.90. The standard InChI is InChI=1S/C24H16IN5OS/c25-18-11-13-19(14-12-18)27-28-22-21(17-9-5-2-6-10-17)29-30(23(22)31)24-26-20(15-32-24)16-7-3-1-4-8-16/h1-15,29H. The maximum atomic E-state index is 13.3. The van der Waals surface area contributed by atoms with E-state index in [-0.39, 0.29) is 11.2 Å². The highest BCUT2D eigenvalue weighted by Crippen LogP contribution is 2.30. The van der Waals surface area contributed by atoms with Crippen LogP contribution in [0.1, 0.15) is 0 Å². The zero-order valence-electron chi connectivity index (χ0n) is 16.6. The Hall–Kier alpha value is -3.37. The molecule has 0 amide bonds. The predicted molar refractivity (Wildman–Crippen MR) is 136 cm³/mol. The maximum absolute atomic E-state index is 13.3. The molecule has 0 aliphatic rings. The van der Waals surface area contributed by atoms with Gasteiger partial charge >= 0.3 is 5.56 Å². The van der Waals surface area contributed by atoms with Crippen LogP contribution in [0.5, 0.6) is 0 Å². The normalized spacial score (nSPS) is 11.3. The lowest BCUT2D eigenvalue weighted by molar-refractivity contribution is 0.843. The van der Waals surface area contributed by atoms with Crippen molar-refractivity contribution in [3.05, 3.63) is 104 Å². The summed E-state index contributed by atoms with van der Waals surface area (Å²) in [6.45, 7) is 0. The minimum absolute atomic E-state index is 0.242. The molecule has 0 unspecified atom stereocenters. The molecule has 156 valence electrons. The smallest absolute Gasteiger partial charge is 0.286 e. The average molecular weight is 549 g/mol. The van der Waals surface area contributed by atoms with Gasteiger partial charge in [-0.25, -0.2) is 4.98 Å². The summed E-state index contributed by atoms with van der Waals surface area (Å²) in [6.07, 6.45) is 0. The Morgan fingerprint density at radius 3 is 2.19 bits per heavy atom. The summed E-state index contributed by atoms with van der Waals surface area (Å²) in [4.78, 5) is 18.0. The fourth-order valence-electron chi connectivity index (χ4n) is 3.19. The van der Waals surface area contributed by atoms with Gasteiger partial charge < -0.3 is 0 Å². The second-order valence-corrected chi connectivity index (χ2v) is 8.98. The number of nitrogens with zero attached hydrogens (tertiary/aromatic N) is 4. The van der Waals surface area contributed by atoms with Crippen LogP contribution in [-0.4, -0.2) is 14.8 Å². The predicted octanol–water partition coefficient (Wildman–Crippen LogP) is 6.98. The van der Waals surface area contributed by atoms with Crippen LogP contribution in [0.3, 0.4) is 0 Å². The summed E-state index contributed by atoms with van der Waals surface area (Å²) in [5.74, 6) is 0. The number of azo groups is 1. The fourth-order valence-corrected chi connectivity index (χ4v) is 4.34. The minimum atomic E-state index is -0.299. The maximum Gasteiger partial charge on any atom is 0.301 e. The van der Waals surface area contributed by atoms with E-state index < -0.39 is 0 Å². The van der Waals surface area contributed by atoms with Gasteiger partial charge in [0.1, 0.15) is 0 Å². The second kappa shape index (κ2) is 9.01. The van der Waals surface area contributed by atoms with Gasteiger partial charge in [-0.1, -0.05) is 60.7 Å². The van der Waals surface area contributed by atoms with E-state index in [1.165, 1.54) is 16.0 Å². The van der Waals surface area contributed by atoms with E-state index in [2.05, 4.69) is 42.9 Å². The van der Waals surface area contributed by atoms with Gasteiger partial charge in [0.05, 0.1) is 17.1 Å². The molecule has 0 spiro atoms. The number of aromatic nitrogens is 3. The quantitative estimate of drug-likeness (QED) is 0.190. The zero-order chi connectivity index (χ0) is 21.9. The molecule has 2 aromatic heterocycles. The molecule has 5 aromatic rings. The Morgan fingerprint density at radius 1 is 0.844 bits per heavy atom. The molecule has 0 aliphatic heterocycles. The number of hydrogen-bond donors (Lipinski definition) is 1.